The van der Waals surface area contributed by atoms with E-state index >= 15 is 0 Å². The van der Waals surface area contributed by atoms with Crippen LogP contribution in [-0.4, -0.2) is 28.3 Å². The number of amides is 1. The predicted molar refractivity (Wildman–Crippen MR) is 115 cm³/mol. The molecule has 3 rings (SSSR count). The van der Waals surface area contributed by atoms with Gasteiger partial charge in [0, 0.05) is 17.6 Å². The molecule has 0 saturated carbocycles. The Morgan fingerprint density at radius 3 is 2.59 bits per heavy atom. The second-order valence-electron chi connectivity index (χ2n) is 6.23. The fraction of sp³-hybridized carbons (Fsp3) is 0.190. The van der Waals surface area contributed by atoms with Gasteiger partial charge in [-0.3, -0.25) is 9.36 Å². The van der Waals surface area contributed by atoms with E-state index in [1.54, 1.807) is 19.2 Å². The summed E-state index contributed by atoms with van der Waals surface area (Å²) in [5, 5.41) is 13.8. The number of carbonyl (C=O) groups excluding carboxylic acids is 1. The second kappa shape index (κ2) is 9.03. The molecule has 148 valence electrons. The highest BCUT2D eigenvalue weighted by Gasteiger charge is 2.20. The van der Waals surface area contributed by atoms with Crippen molar-refractivity contribution in [2.24, 2.45) is 0 Å². The van der Waals surface area contributed by atoms with Gasteiger partial charge in [0.05, 0.1) is 28.5 Å². The van der Waals surface area contributed by atoms with Crippen molar-refractivity contribution in [3.05, 3.63) is 64.4 Å². The third kappa shape index (κ3) is 4.56. The van der Waals surface area contributed by atoms with Crippen molar-refractivity contribution in [2.75, 3.05) is 18.2 Å². The van der Waals surface area contributed by atoms with Gasteiger partial charge >= 0.3 is 0 Å². The zero-order valence-electron chi connectivity index (χ0n) is 16.2. The largest absolute Gasteiger partial charge is 0.497 e. The molecule has 0 unspecified atom stereocenters. The third-order valence-corrected chi connectivity index (χ3v) is 5.63. The summed E-state index contributed by atoms with van der Waals surface area (Å²) in [4.78, 5) is 16.8. The number of halogens is 1. The smallest absolute Gasteiger partial charge is 0.235 e. The van der Waals surface area contributed by atoms with Crippen molar-refractivity contribution in [1.82, 2.24) is 9.55 Å². The van der Waals surface area contributed by atoms with Gasteiger partial charge in [0.2, 0.25) is 5.91 Å². The van der Waals surface area contributed by atoms with Gasteiger partial charge in [-0.05, 0) is 55.8 Å². The molecule has 1 N–H and O–H groups in total. The van der Waals surface area contributed by atoms with Crippen LogP contribution in [0.5, 0.6) is 5.75 Å². The minimum atomic E-state index is -0.226. The molecule has 0 saturated heterocycles. The van der Waals surface area contributed by atoms with Gasteiger partial charge in [-0.15, -0.1) is 0 Å². The van der Waals surface area contributed by atoms with Gasteiger partial charge < -0.3 is 10.1 Å². The molecular weight excluding hydrogens is 408 g/mol. The van der Waals surface area contributed by atoms with Crippen LogP contribution >= 0.6 is 23.4 Å². The molecule has 3 aromatic rings. The Morgan fingerprint density at radius 2 is 2.00 bits per heavy atom. The van der Waals surface area contributed by atoms with Crippen LogP contribution in [0.1, 0.15) is 16.8 Å². The Hall–Kier alpha value is -2.95. The number of thioether (sulfide) groups is 1. The Balaban J connectivity index is 1.87. The molecule has 29 heavy (non-hydrogen) atoms. The summed E-state index contributed by atoms with van der Waals surface area (Å²) in [5.74, 6) is 1.12. The summed E-state index contributed by atoms with van der Waals surface area (Å²) in [6.07, 6.45) is 1.54. The highest BCUT2D eigenvalue weighted by molar-refractivity contribution is 7.99. The van der Waals surface area contributed by atoms with Crippen molar-refractivity contribution < 1.29 is 9.53 Å². The summed E-state index contributed by atoms with van der Waals surface area (Å²) in [7, 11) is 1.60. The van der Waals surface area contributed by atoms with Gasteiger partial charge in [-0.1, -0.05) is 23.4 Å². The van der Waals surface area contributed by atoms with Crippen LogP contribution in [0.3, 0.4) is 0 Å². The first-order valence-corrected chi connectivity index (χ1v) is 10.1. The lowest BCUT2D eigenvalue weighted by Crippen LogP contribution is -2.17. The Labute approximate surface area is 178 Å². The van der Waals surface area contributed by atoms with Crippen molar-refractivity contribution in [3.63, 3.8) is 0 Å². The van der Waals surface area contributed by atoms with Crippen LogP contribution in [0.4, 0.5) is 5.82 Å². The van der Waals surface area contributed by atoms with E-state index in [0.29, 0.717) is 21.4 Å². The number of ether oxygens (including phenoxy) is 1. The number of carbonyl (C=O) groups is 1. The van der Waals surface area contributed by atoms with Gasteiger partial charge in [0.25, 0.3) is 0 Å². The number of hydrogen-bond acceptors (Lipinski definition) is 5. The summed E-state index contributed by atoms with van der Waals surface area (Å²) in [6.45, 7) is 3.79. The van der Waals surface area contributed by atoms with Crippen molar-refractivity contribution >= 4 is 35.1 Å². The van der Waals surface area contributed by atoms with Gasteiger partial charge in [0.15, 0.2) is 0 Å². The monoisotopic (exact) mass is 426 g/mol. The molecule has 0 bridgehead atoms. The van der Waals surface area contributed by atoms with Crippen LogP contribution in [0.15, 0.2) is 47.6 Å². The topological polar surface area (TPSA) is 79.9 Å². The minimum absolute atomic E-state index is 0.158. The number of nitriles is 1. The van der Waals surface area contributed by atoms with E-state index < -0.39 is 0 Å². The van der Waals surface area contributed by atoms with Crippen molar-refractivity contribution in [1.29, 1.82) is 5.26 Å². The van der Waals surface area contributed by atoms with E-state index in [0.717, 1.165) is 22.7 Å². The quantitative estimate of drug-likeness (QED) is 0.575. The van der Waals surface area contributed by atoms with Crippen LogP contribution < -0.4 is 10.1 Å². The molecule has 0 atom stereocenters. The van der Waals surface area contributed by atoms with E-state index in [-0.39, 0.29) is 11.7 Å². The first-order chi connectivity index (χ1) is 13.9. The van der Waals surface area contributed by atoms with Crippen molar-refractivity contribution in [2.45, 2.75) is 18.9 Å². The molecule has 0 aliphatic rings. The molecule has 1 aromatic carbocycles. The zero-order valence-corrected chi connectivity index (χ0v) is 17.8. The number of methoxy groups -OCH3 is 1. The molecule has 1 amide bonds. The first-order valence-electron chi connectivity index (χ1n) is 8.75. The number of benzene rings is 1. The summed E-state index contributed by atoms with van der Waals surface area (Å²) in [6, 6.07) is 13.1. The molecule has 0 aliphatic carbocycles. The third-order valence-electron chi connectivity index (χ3n) is 4.47. The predicted octanol–water partition coefficient (Wildman–Crippen LogP) is 4.75. The first kappa shape index (κ1) is 20.8. The Morgan fingerprint density at radius 1 is 1.28 bits per heavy atom. The number of anilines is 1. The maximum Gasteiger partial charge on any atom is 0.235 e. The lowest BCUT2D eigenvalue weighted by Gasteiger charge is -2.13. The zero-order chi connectivity index (χ0) is 21.0. The Kier molecular flexibility index (Phi) is 6.47. The maximum absolute atomic E-state index is 12.6. The summed E-state index contributed by atoms with van der Waals surface area (Å²) < 4.78 is 7.08. The molecule has 0 aliphatic heterocycles. The Bertz CT molecular complexity index is 1070. The van der Waals surface area contributed by atoms with Crippen LogP contribution in [0, 0.1) is 25.2 Å². The average molecular weight is 427 g/mol. The number of hydrogen-bond donors (Lipinski definition) is 1. The molecule has 2 aromatic heterocycles. The normalized spacial score (nSPS) is 10.4. The lowest BCUT2D eigenvalue weighted by molar-refractivity contribution is -0.113. The van der Waals surface area contributed by atoms with Crippen molar-refractivity contribution in [3.8, 4) is 17.5 Å². The fourth-order valence-corrected chi connectivity index (χ4v) is 3.62. The van der Waals surface area contributed by atoms with Crippen LogP contribution in [0.25, 0.3) is 5.69 Å². The van der Waals surface area contributed by atoms with E-state index in [1.165, 1.54) is 18.0 Å². The van der Waals surface area contributed by atoms with E-state index in [4.69, 9.17) is 16.3 Å². The molecule has 0 fully saturated rings. The SMILES string of the molecule is COc1ccc(-n2c(C)c(C)c(C#N)c2NC(=O)CSc2ccc(Cl)cn2)cc1. The van der Waals surface area contributed by atoms with Crippen LogP contribution in [0.2, 0.25) is 5.02 Å². The number of nitrogens with one attached hydrogen (secondary N) is 1. The second-order valence-corrected chi connectivity index (χ2v) is 7.66. The average Bonchev–Trinajstić information content (AvgIpc) is 2.97. The van der Waals surface area contributed by atoms with Gasteiger partial charge in [-0.2, -0.15) is 5.26 Å². The molecule has 6 nitrogen and oxygen atoms in total. The highest BCUT2D eigenvalue weighted by atomic mass is 35.5. The van der Waals surface area contributed by atoms with E-state index in [9.17, 15) is 10.1 Å². The molecule has 8 heteroatoms. The minimum Gasteiger partial charge on any atom is -0.497 e. The van der Waals surface area contributed by atoms with E-state index in [1.807, 2.05) is 42.7 Å². The fourth-order valence-electron chi connectivity index (χ4n) is 2.87. The number of nitrogens with zero attached hydrogens (tertiary/aromatic N) is 3. The summed E-state index contributed by atoms with van der Waals surface area (Å²) in [5.41, 5.74) is 2.98. The maximum atomic E-state index is 12.6. The highest BCUT2D eigenvalue weighted by Crippen LogP contribution is 2.31. The number of rotatable bonds is 6. The molecule has 0 radical (unpaired) electrons. The van der Waals surface area contributed by atoms with E-state index in [2.05, 4.69) is 16.4 Å². The molecule has 2 heterocycles. The van der Waals surface area contributed by atoms with Gasteiger partial charge in [0.1, 0.15) is 17.6 Å². The lowest BCUT2D eigenvalue weighted by atomic mass is 10.2. The standard InChI is InChI=1S/C21H19ClN4O2S/c1-13-14(2)26(16-5-7-17(28-3)8-6-16)21(18(13)10-23)25-19(27)12-29-20-9-4-15(22)11-24-20/h4-9,11H,12H2,1-3H3,(H,25,27). The van der Waals surface area contributed by atoms with Crippen LogP contribution in [-0.2, 0) is 4.79 Å². The summed E-state index contributed by atoms with van der Waals surface area (Å²) >= 11 is 7.13. The number of aromatic nitrogens is 2. The number of pyridine rings is 1. The van der Waals surface area contributed by atoms with Gasteiger partial charge in [-0.25, -0.2) is 4.98 Å². The molecule has 0 spiro atoms. The molecular formula is C21H19ClN4O2S.